The number of para-hydroxylation sites is 1. The van der Waals surface area contributed by atoms with Crippen LogP contribution in [0, 0.1) is 11.8 Å². The Labute approximate surface area is 187 Å². The predicted molar refractivity (Wildman–Crippen MR) is 124 cm³/mol. The smallest absolute Gasteiger partial charge is 0.255 e. The maximum atomic E-state index is 13.3. The molecular formula is C26H29NO5. The molecule has 6 heteroatoms. The number of aromatic amines is 1. The van der Waals surface area contributed by atoms with E-state index >= 15 is 0 Å². The Balaban J connectivity index is 1.72. The first kappa shape index (κ1) is 20.7. The average Bonchev–Trinajstić information content (AvgIpc) is 2.76. The number of nitrogens with one attached hydrogen (secondary N) is 1. The van der Waals surface area contributed by atoms with Crippen molar-refractivity contribution in [3.8, 4) is 23.0 Å². The molecule has 32 heavy (non-hydrogen) atoms. The fourth-order valence-corrected chi connectivity index (χ4v) is 6.16. The first-order chi connectivity index (χ1) is 15.3. The zero-order valence-electron chi connectivity index (χ0n) is 19.3. The summed E-state index contributed by atoms with van der Waals surface area (Å²) >= 11 is 0. The number of pyridine rings is 1. The highest BCUT2D eigenvalue weighted by Gasteiger charge is 2.60. The molecule has 1 aliphatic heterocycles. The minimum Gasteiger partial charge on any atom is -0.493 e. The molecular weight excluding hydrogens is 406 g/mol. The largest absolute Gasteiger partial charge is 0.493 e. The van der Waals surface area contributed by atoms with Crippen LogP contribution in [0.3, 0.4) is 0 Å². The van der Waals surface area contributed by atoms with Gasteiger partial charge >= 0.3 is 0 Å². The average molecular weight is 436 g/mol. The molecule has 2 heterocycles. The molecule has 1 saturated carbocycles. The van der Waals surface area contributed by atoms with Gasteiger partial charge in [-0.25, -0.2) is 0 Å². The van der Waals surface area contributed by atoms with Gasteiger partial charge in [0.25, 0.3) is 5.56 Å². The van der Waals surface area contributed by atoms with Gasteiger partial charge in [-0.3, -0.25) is 4.79 Å². The lowest BCUT2D eigenvalue weighted by Crippen LogP contribution is -2.58. The summed E-state index contributed by atoms with van der Waals surface area (Å²) in [4.78, 5) is 16.4. The number of hydrogen-bond donors (Lipinski definition) is 1. The molecule has 0 unspecified atom stereocenters. The third-order valence-corrected chi connectivity index (χ3v) is 7.39. The van der Waals surface area contributed by atoms with E-state index in [9.17, 15) is 4.79 Å². The molecule has 1 aliphatic carbocycles. The summed E-state index contributed by atoms with van der Waals surface area (Å²) in [6.45, 7) is 6.50. The van der Waals surface area contributed by atoms with Crippen LogP contribution in [-0.4, -0.2) is 31.9 Å². The fraction of sp³-hybridized carbons (Fsp3) is 0.423. The number of H-pyrrole nitrogens is 1. The molecule has 5 rings (SSSR count). The molecule has 0 saturated heterocycles. The van der Waals surface area contributed by atoms with E-state index in [1.165, 1.54) is 0 Å². The summed E-state index contributed by atoms with van der Waals surface area (Å²) in [7, 11) is 4.85. The molecule has 1 fully saturated rings. The van der Waals surface area contributed by atoms with Gasteiger partial charge in [0.15, 0.2) is 11.5 Å². The molecule has 0 radical (unpaired) electrons. The molecule has 0 spiro atoms. The molecule has 168 valence electrons. The van der Waals surface area contributed by atoms with Gasteiger partial charge in [0.2, 0.25) is 5.75 Å². The monoisotopic (exact) mass is 435 g/mol. The SMILES string of the molecule is COc1cc([C@@H]2[C@@H](C)[C@H]3[C@@H]2c2c(c4ccccc4[nH]c2=O)OC3(C)C)cc(OC)c1OC. The molecule has 0 amide bonds. The summed E-state index contributed by atoms with van der Waals surface area (Å²) in [5.41, 5.74) is 2.13. The lowest BCUT2D eigenvalue weighted by atomic mass is 9.48. The van der Waals surface area contributed by atoms with Gasteiger partial charge in [0.1, 0.15) is 11.4 Å². The van der Waals surface area contributed by atoms with Crippen molar-refractivity contribution in [1.82, 2.24) is 4.98 Å². The lowest BCUT2D eigenvalue weighted by Gasteiger charge is -2.59. The van der Waals surface area contributed by atoms with Crippen molar-refractivity contribution in [1.29, 1.82) is 0 Å². The van der Waals surface area contributed by atoms with Crippen molar-refractivity contribution in [2.24, 2.45) is 11.8 Å². The topological polar surface area (TPSA) is 69.8 Å². The summed E-state index contributed by atoms with van der Waals surface area (Å²) < 4.78 is 23.3. The van der Waals surface area contributed by atoms with Gasteiger partial charge in [-0.2, -0.15) is 0 Å². The van der Waals surface area contributed by atoms with E-state index < -0.39 is 5.60 Å². The van der Waals surface area contributed by atoms with E-state index in [1.807, 2.05) is 36.4 Å². The van der Waals surface area contributed by atoms with E-state index in [1.54, 1.807) is 21.3 Å². The molecule has 2 aliphatic rings. The van der Waals surface area contributed by atoms with Crippen LogP contribution >= 0.6 is 0 Å². The molecule has 1 aromatic heterocycles. The van der Waals surface area contributed by atoms with Crippen molar-refractivity contribution in [2.45, 2.75) is 38.2 Å². The Morgan fingerprint density at radius 1 is 0.969 bits per heavy atom. The van der Waals surface area contributed by atoms with Crippen molar-refractivity contribution in [2.75, 3.05) is 21.3 Å². The number of rotatable bonds is 4. The number of ether oxygens (including phenoxy) is 4. The van der Waals surface area contributed by atoms with Crippen LogP contribution in [0.4, 0.5) is 0 Å². The molecule has 4 atom stereocenters. The summed E-state index contributed by atoms with van der Waals surface area (Å²) in [6.07, 6.45) is 0. The van der Waals surface area contributed by atoms with Crippen LogP contribution in [0.5, 0.6) is 23.0 Å². The Bertz CT molecular complexity index is 1240. The van der Waals surface area contributed by atoms with Gasteiger partial charge < -0.3 is 23.9 Å². The second-order valence-electron chi connectivity index (χ2n) is 9.34. The van der Waals surface area contributed by atoms with Crippen LogP contribution in [-0.2, 0) is 0 Å². The summed E-state index contributed by atoms with van der Waals surface area (Å²) in [5.74, 6) is 3.18. The van der Waals surface area contributed by atoms with Crippen LogP contribution in [0.1, 0.15) is 43.7 Å². The number of hydrogen-bond acceptors (Lipinski definition) is 5. The second kappa shape index (κ2) is 7.19. The van der Waals surface area contributed by atoms with Crippen molar-refractivity contribution in [3.05, 3.63) is 57.9 Å². The normalized spacial score (nSPS) is 25.2. The zero-order valence-corrected chi connectivity index (χ0v) is 19.3. The van der Waals surface area contributed by atoms with Gasteiger partial charge in [-0.05, 0) is 55.5 Å². The quantitative estimate of drug-likeness (QED) is 0.634. The van der Waals surface area contributed by atoms with Crippen molar-refractivity contribution >= 4 is 10.9 Å². The van der Waals surface area contributed by atoms with E-state index in [4.69, 9.17) is 18.9 Å². The first-order valence-electron chi connectivity index (χ1n) is 11.0. The molecule has 0 bridgehead atoms. The van der Waals surface area contributed by atoms with E-state index in [0.29, 0.717) is 28.9 Å². The Morgan fingerprint density at radius 2 is 1.62 bits per heavy atom. The van der Waals surface area contributed by atoms with Crippen molar-refractivity contribution < 1.29 is 18.9 Å². The maximum absolute atomic E-state index is 13.3. The van der Waals surface area contributed by atoms with Gasteiger partial charge in [-0.1, -0.05) is 19.1 Å². The van der Waals surface area contributed by atoms with Gasteiger partial charge in [0, 0.05) is 17.2 Å². The number of aromatic nitrogens is 1. The Morgan fingerprint density at radius 3 is 2.25 bits per heavy atom. The standard InChI is InChI=1S/C26H29NO5/c1-13-19(14-11-17(29-4)24(31-6)18(12-14)30-5)20-21-23(32-26(2,3)22(13)20)15-9-7-8-10-16(15)27-25(21)28/h7-13,19-20,22H,1-6H3,(H,27,28)/t13-,19+,20+,22+/m1/s1. The predicted octanol–water partition coefficient (Wildman–Crippen LogP) is 4.86. The van der Waals surface area contributed by atoms with Crippen LogP contribution in [0.25, 0.3) is 10.9 Å². The summed E-state index contributed by atoms with van der Waals surface area (Å²) in [5, 5.41) is 0.942. The highest BCUT2D eigenvalue weighted by molar-refractivity contribution is 5.87. The minimum atomic E-state index is -0.398. The maximum Gasteiger partial charge on any atom is 0.255 e. The van der Waals surface area contributed by atoms with Crippen LogP contribution in [0.15, 0.2) is 41.2 Å². The summed E-state index contributed by atoms with van der Waals surface area (Å²) in [6, 6.07) is 11.8. The highest BCUT2D eigenvalue weighted by atomic mass is 16.5. The number of benzene rings is 2. The first-order valence-corrected chi connectivity index (χ1v) is 11.0. The van der Waals surface area contributed by atoms with E-state index in [0.717, 1.165) is 22.0 Å². The van der Waals surface area contributed by atoms with Crippen LogP contribution in [0.2, 0.25) is 0 Å². The molecule has 2 aromatic carbocycles. The molecule has 1 N–H and O–H groups in total. The molecule has 6 nitrogen and oxygen atoms in total. The third-order valence-electron chi connectivity index (χ3n) is 7.39. The van der Waals surface area contributed by atoms with E-state index in [-0.39, 0.29) is 23.3 Å². The minimum absolute atomic E-state index is 0.0277. The van der Waals surface area contributed by atoms with Crippen molar-refractivity contribution in [3.63, 3.8) is 0 Å². The number of methoxy groups -OCH3 is 3. The number of fused-ring (bicyclic) bond motifs is 5. The van der Waals surface area contributed by atoms with Crippen LogP contribution < -0.4 is 24.5 Å². The zero-order chi connectivity index (χ0) is 22.8. The second-order valence-corrected chi connectivity index (χ2v) is 9.34. The Kier molecular flexibility index (Phi) is 4.66. The highest BCUT2D eigenvalue weighted by Crippen LogP contribution is 2.65. The fourth-order valence-electron chi connectivity index (χ4n) is 6.16. The van der Waals surface area contributed by atoms with Gasteiger partial charge in [-0.15, -0.1) is 0 Å². The van der Waals surface area contributed by atoms with Gasteiger partial charge in [0.05, 0.1) is 32.4 Å². The Hall–Kier alpha value is -3.15. The van der Waals surface area contributed by atoms with E-state index in [2.05, 4.69) is 25.8 Å². The third kappa shape index (κ3) is 2.74. The molecule has 3 aromatic rings. The lowest BCUT2D eigenvalue weighted by molar-refractivity contribution is -0.0826.